The number of carbonyl (C=O) groups is 2. The van der Waals surface area contributed by atoms with Gasteiger partial charge in [0.2, 0.25) is 11.8 Å². The van der Waals surface area contributed by atoms with Gasteiger partial charge in [0.1, 0.15) is 6.04 Å². The highest BCUT2D eigenvalue weighted by molar-refractivity contribution is 6.35. The maximum Gasteiger partial charge on any atom is 0.242 e. The summed E-state index contributed by atoms with van der Waals surface area (Å²) in [5.74, 6) is -0.334. The van der Waals surface area contributed by atoms with Gasteiger partial charge in [0, 0.05) is 23.6 Å². The highest BCUT2D eigenvalue weighted by Gasteiger charge is 2.28. The molecule has 0 saturated carbocycles. The van der Waals surface area contributed by atoms with E-state index in [1.807, 2.05) is 38.1 Å². The van der Waals surface area contributed by atoms with Gasteiger partial charge in [0.15, 0.2) is 0 Å². The number of halogens is 2. The zero-order valence-corrected chi connectivity index (χ0v) is 17.3. The molecule has 0 aliphatic heterocycles. The Morgan fingerprint density at radius 1 is 1.11 bits per heavy atom. The van der Waals surface area contributed by atoms with Crippen molar-refractivity contribution in [1.82, 2.24) is 10.2 Å². The highest BCUT2D eigenvalue weighted by atomic mass is 35.5. The first-order chi connectivity index (χ1) is 12.9. The van der Waals surface area contributed by atoms with Crippen molar-refractivity contribution in [2.75, 3.05) is 7.05 Å². The summed E-state index contributed by atoms with van der Waals surface area (Å²) in [6, 6.07) is 12.4. The normalized spacial score (nSPS) is 11.7. The monoisotopic (exact) mass is 406 g/mol. The standard InChI is InChI=1S/C21H24Cl2N2O2/c1-4-19(21(27)24-3)25(13-16-8-6-5-7-14(16)2)20(26)11-15-9-10-17(22)12-18(15)23/h5-10,12,19H,4,11,13H2,1-3H3,(H,24,27)/t19-/m1/s1. The summed E-state index contributed by atoms with van der Waals surface area (Å²) in [6.45, 7) is 4.25. The van der Waals surface area contributed by atoms with Crippen molar-refractivity contribution >= 4 is 35.0 Å². The quantitative estimate of drug-likeness (QED) is 0.740. The minimum atomic E-state index is -0.548. The van der Waals surface area contributed by atoms with Crippen LogP contribution in [0.4, 0.5) is 0 Å². The number of likely N-dealkylation sites (N-methyl/N-ethyl adjacent to an activating group) is 1. The molecular formula is C21H24Cl2N2O2. The number of carbonyl (C=O) groups excluding carboxylic acids is 2. The van der Waals surface area contributed by atoms with Gasteiger partial charge in [-0.2, -0.15) is 0 Å². The number of benzene rings is 2. The number of amides is 2. The first kappa shape index (κ1) is 21.3. The summed E-state index contributed by atoms with van der Waals surface area (Å²) in [4.78, 5) is 27.2. The fourth-order valence-corrected chi connectivity index (χ4v) is 3.46. The van der Waals surface area contributed by atoms with Gasteiger partial charge in [-0.05, 0) is 42.2 Å². The van der Waals surface area contributed by atoms with E-state index >= 15 is 0 Å². The maximum absolute atomic E-state index is 13.1. The van der Waals surface area contributed by atoms with Crippen LogP contribution in [0.25, 0.3) is 0 Å². The second kappa shape index (κ2) is 9.77. The molecule has 0 fully saturated rings. The van der Waals surface area contributed by atoms with Crippen LogP contribution in [0, 0.1) is 6.92 Å². The van der Waals surface area contributed by atoms with Crippen molar-refractivity contribution in [1.29, 1.82) is 0 Å². The van der Waals surface area contributed by atoms with Crippen LogP contribution in [0.2, 0.25) is 10.0 Å². The molecule has 144 valence electrons. The number of nitrogens with one attached hydrogen (secondary N) is 1. The predicted octanol–water partition coefficient (Wildman–Crippen LogP) is 4.40. The van der Waals surface area contributed by atoms with Crippen LogP contribution in [0.3, 0.4) is 0 Å². The molecule has 1 atom stereocenters. The predicted molar refractivity (Wildman–Crippen MR) is 110 cm³/mol. The lowest BCUT2D eigenvalue weighted by Gasteiger charge is -2.31. The van der Waals surface area contributed by atoms with Crippen LogP contribution < -0.4 is 5.32 Å². The minimum Gasteiger partial charge on any atom is -0.357 e. The second-order valence-corrected chi connectivity index (χ2v) is 7.24. The summed E-state index contributed by atoms with van der Waals surface area (Å²) in [5, 5.41) is 3.62. The number of nitrogens with zero attached hydrogens (tertiary/aromatic N) is 1. The molecule has 0 heterocycles. The van der Waals surface area contributed by atoms with Crippen molar-refractivity contribution in [3.8, 4) is 0 Å². The zero-order chi connectivity index (χ0) is 20.0. The Morgan fingerprint density at radius 2 is 1.81 bits per heavy atom. The molecule has 0 aliphatic rings. The Labute approximate surface area is 170 Å². The second-order valence-electron chi connectivity index (χ2n) is 6.40. The van der Waals surface area contributed by atoms with Crippen molar-refractivity contribution in [3.05, 3.63) is 69.2 Å². The summed E-state index contributed by atoms with van der Waals surface area (Å²) in [5.41, 5.74) is 2.77. The van der Waals surface area contributed by atoms with E-state index in [-0.39, 0.29) is 18.2 Å². The molecule has 0 unspecified atom stereocenters. The number of hydrogen-bond donors (Lipinski definition) is 1. The van der Waals surface area contributed by atoms with Crippen molar-refractivity contribution < 1.29 is 9.59 Å². The summed E-state index contributed by atoms with van der Waals surface area (Å²) in [7, 11) is 1.58. The molecule has 2 amide bonds. The van der Waals surface area contributed by atoms with Gasteiger partial charge >= 0.3 is 0 Å². The third kappa shape index (κ3) is 5.47. The Kier molecular flexibility index (Phi) is 7.69. The van der Waals surface area contributed by atoms with E-state index in [0.29, 0.717) is 28.6 Å². The lowest BCUT2D eigenvalue weighted by Crippen LogP contribution is -2.48. The average Bonchev–Trinajstić information content (AvgIpc) is 2.65. The van der Waals surface area contributed by atoms with Crippen LogP contribution in [-0.2, 0) is 22.6 Å². The van der Waals surface area contributed by atoms with Gasteiger partial charge in [-0.15, -0.1) is 0 Å². The molecule has 6 heteroatoms. The number of aryl methyl sites for hydroxylation is 1. The van der Waals surface area contributed by atoms with E-state index in [1.54, 1.807) is 30.1 Å². The molecule has 1 N–H and O–H groups in total. The highest BCUT2D eigenvalue weighted by Crippen LogP contribution is 2.23. The molecule has 0 aliphatic carbocycles. The molecule has 2 rings (SSSR count). The number of hydrogen-bond acceptors (Lipinski definition) is 2. The van der Waals surface area contributed by atoms with E-state index in [4.69, 9.17) is 23.2 Å². The first-order valence-corrected chi connectivity index (χ1v) is 9.62. The van der Waals surface area contributed by atoms with Crippen LogP contribution >= 0.6 is 23.2 Å². The van der Waals surface area contributed by atoms with E-state index in [0.717, 1.165) is 11.1 Å². The van der Waals surface area contributed by atoms with Gasteiger partial charge in [0.05, 0.1) is 6.42 Å². The smallest absolute Gasteiger partial charge is 0.242 e. The Balaban J connectivity index is 2.33. The average molecular weight is 407 g/mol. The first-order valence-electron chi connectivity index (χ1n) is 8.86. The molecule has 0 spiro atoms. The Bertz CT molecular complexity index is 824. The molecule has 0 saturated heterocycles. The van der Waals surface area contributed by atoms with Crippen molar-refractivity contribution in [2.45, 2.75) is 39.3 Å². The molecule has 0 bridgehead atoms. The van der Waals surface area contributed by atoms with Crippen molar-refractivity contribution in [2.24, 2.45) is 0 Å². The fourth-order valence-electron chi connectivity index (χ4n) is 2.99. The summed E-state index contributed by atoms with van der Waals surface area (Å²) < 4.78 is 0. The SMILES string of the molecule is CC[C@H](C(=O)NC)N(Cc1ccccc1C)C(=O)Cc1ccc(Cl)cc1Cl. The maximum atomic E-state index is 13.1. The molecule has 0 aromatic heterocycles. The summed E-state index contributed by atoms with van der Waals surface area (Å²) >= 11 is 12.2. The molecule has 27 heavy (non-hydrogen) atoms. The van der Waals surface area contributed by atoms with Gasteiger partial charge in [-0.3, -0.25) is 9.59 Å². The lowest BCUT2D eigenvalue weighted by atomic mass is 10.0. The van der Waals surface area contributed by atoms with Crippen LogP contribution in [0.15, 0.2) is 42.5 Å². The molecule has 0 radical (unpaired) electrons. The van der Waals surface area contributed by atoms with Crippen LogP contribution in [0.5, 0.6) is 0 Å². The van der Waals surface area contributed by atoms with Crippen molar-refractivity contribution in [3.63, 3.8) is 0 Å². The Hall–Kier alpha value is -2.04. The van der Waals surface area contributed by atoms with Gasteiger partial charge < -0.3 is 10.2 Å². The Morgan fingerprint density at radius 3 is 2.41 bits per heavy atom. The van der Waals surface area contributed by atoms with Crippen LogP contribution in [-0.4, -0.2) is 29.8 Å². The van der Waals surface area contributed by atoms with Gasteiger partial charge in [-0.1, -0.05) is 60.5 Å². The minimum absolute atomic E-state index is 0.107. The van der Waals surface area contributed by atoms with E-state index in [1.165, 1.54) is 0 Å². The topological polar surface area (TPSA) is 49.4 Å². The zero-order valence-electron chi connectivity index (χ0n) is 15.8. The lowest BCUT2D eigenvalue weighted by molar-refractivity contribution is -0.140. The van der Waals surface area contributed by atoms with E-state index in [9.17, 15) is 9.59 Å². The summed E-state index contributed by atoms with van der Waals surface area (Å²) in [6.07, 6.45) is 0.626. The molecular weight excluding hydrogens is 383 g/mol. The third-order valence-electron chi connectivity index (χ3n) is 4.59. The van der Waals surface area contributed by atoms with E-state index < -0.39 is 6.04 Å². The third-order valence-corrected chi connectivity index (χ3v) is 5.18. The van der Waals surface area contributed by atoms with Gasteiger partial charge in [0.25, 0.3) is 0 Å². The van der Waals surface area contributed by atoms with Gasteiger partial charge in [-0.25, -0.2) is 0 Å². The molecule has 4 nitrogen and oxygen atoms in total. The molecule has 2 aromatic rings. The fraction of sp³-hybridized carbons (Fsp3) is 0.333. The molecule has 2 aromatic carbocycles. The van der Waals surface area contributed by atoms with Crippen LogP contribution in [0.1, 0.15) is 30.0 Å². The largest absolute Gasteiger partial charge is 0.357 e. The number of rotatable bonds is 7. The van der Waals surface area contributed by atoms with E-state index in [2.05, 4.69) is 5.32 Å².